The summed E-state index contributed by atoms with van der Waals surface area (Å²) in [5.41, 5.74) is 0.827. The van der Waals surface area contributed by atoms with Gasteiger partial charge in [0, 0.05) is 25.0 Å². The van der Waals surface area contributed by atoms with Gasteiger partial charge >= 0.3 is 6.09 Å². The van der Waals surface area contributed by atoms with E-state index >= 15 is 0 Å². The van der Waals surface area contributed by atoms with E-state index in [1.54, 1.807) is 30.1 Å². The van der Waals surface area contributed by atoms with Gasteiger partial charge in [-0.25, -0.2) is 4.79 Å². The average molecular weight is 352 g/mol. The molecule has 0 bridgehead atoms. The average Bonchev–Trinajstić information content (AvgIpc) is 3.09. The molecule has 0 aromatic heterocycles. The molecule has 7 nitrogen and oxygen atoms in total. The number of halogens is 1. The van der Waals surface area contributed by atoms with Crippen molar-refractivity contribution in [3.8, 4) is 0 Å². The largest absolute Gasteiger partial charge is 0.447 e. The number of hydrogen-bond donors (Lipinski definition) is 2. The maximum absolute atomic E-state index is 12.6. The van der Waals surface area contributed by atoms with Gasteiger partial charge in [-0.1, -0.05) is 23.7 Å². The van der Waals surface area contributed by atoms with Crippen molar-refractivity contribution in [2.75, 3.05) is 20.2 Å². The minimum Gasteiger partial charge on any atom is -0.447 e. The number of likely N-dealkylation sites (tertiary alicyclic amines) is 1. The first-order chi connectivity index (χ1) is 11.5. The molecule has 0 spiro atoms. The molecule has 0 unspecified atom stereocenters. The number of carbonyl (C=O) groups is 3. The van der Waals surface area contributed by atoms with Crippen LogP contribution in [0.25, 0.3) is 0 Å². The summed E-state index contributed by atoms with van der Waals surface area (Å²) < 4.78 is 4.78. The highest BCUT2D eigenvalue weighted by Gasteiger charge is 2.42. The van der Waals surface area contributed by atoms with Crippen LogP contribution >= 0.6 is 11.6 Å². The van der Waals surface area contributed by atoms with Gasteiger partial charge in [0.05, 0.1) is 18.0 Å². The molecule has 1 aromatic carbocycles. The fourth-order valence-corrected chi connectivity index (χ4v) is 3.34. The second-order valence-corrected chi connectivity index (χ2v) is 6.44. The number of amides is 3. The van der Waals surface area contributed by atoms with Crippen molar-refractivity contribution in [2.24, 2.45) is 5.92 Å². The number of alkyl carbamates (subject to hydrolysis) is 1. The predicted octanol–water partition coefficient (Wildman–Crippen LogP) is 1.08. The lowest BCUT2D eigenvalue weighted by Crippen LogP contribution is -2.42. The summed E-state index contributed by atoms with van der Waals surface area (Å²) in [4.78, 5) is 37.2. The highest BCUT2D eigenvalue weighted by Crippen LogP contribution is 2.37. The monoisotopic (exact) mass is 351 g/mol. The second-order valence-electron chi connectivity index (χ2n) is 6.00. The first kappa shape index (κ1) is 16.6. The highest BCUT2D eigenvalue weighted by atomic mass is 35.5. The van der Waals surface area contributed by atoms with Crippen molar-refractivity contribution in [3.05, 3.63) is 34.9 Å². The maximum atomic E-state index is 12.6. The zero-order valence-electron chi connectivity index (χ0n) is 13.1. The zero-order chi connectivity index (χ0) is 17.3. The van der Waals surface area contributed by atoms with Crippen LogP contribution in [0.1, 0.15) is 18.0 Å². The van der Waals surface area contributed by atoms with E-state index in [4.69, 9.17) is 16.3 Å². The lowest BCUT2D eigenvalue weighted by Gasteiger charge is -2.25. The van der Waals surface area contributed by atoms with Crippen LogP contribution in [-0.4, -0.2) is 49.0 Å². The summed E-state index contributed by atoms with van der Waals surface area (Å²) in [6, 6.07) is 6.57. The van der Waals surface area contributed by atoms with Gasteiger partial charge in [-0.05, 0) is 17.7 Å². The molecular weight excluding hydrogens is 334 g/mol. The summed E-state index contributed by atoms with van der Waals surface area (Å²) in [5.74, 6) is -0.810. The van der Waals surface area contributed by atoms with Crippen LogP contribution in [0.5, 0.6) is 0 Å². The molecule has 2 N–H and O–H groups in total. The van der Waals surface area contributed by atoms with Gasteiger partial charge in [-0.2, -0.15) is 0 Å². The van der Waals surface area contributed by atoms with Crippen molar-refractivity contribution in [3.63, 3.8) is 0 Å². The normalized spacial score (nSPS) is 26.2. The summed E-state index contributed by atoms with van der Waals surface area (Å²) in [7, 11) is 1.69. The van der Waals surface area contributed by atoms with Crippen molar-refractivity contribution in [1.82, 2.24) is 15.5 Å². The molecule has 24 heavy (non-hydrogen) atoms. The molecule has 0 aliphatic carbocycles. The Labute approximate surface area is 144 Å². The smallest absolute Gasteiger partial charge is 0.407 e. The molecule has 2 fully saturated rings. The van der Waals surface area contributed by atoms with Gasteiger partial charge in [0.15, 0.2) is 0 Å². The molecule has 128 valence electrons. The standard InChI is InChI=1S/C16H18ClN3O4/c1-20-13(21)6-12(14(20)9-3-2-4-10(17)5-9)15(22)18-7-11-8-24-16(23)19-11/h2-5,11-12,14H,6-8H2,1H3,(H,18,22)(H,19,23)/t11-,12-,14-/m0/s1. The summed E-state index contributed by atoms with van der Waals surface area (Å²) in [5, 5.41) is 5.95. The van der Waals surface area contributed by atoms with Crippen LogP contribution in [0.4, 0.5) is 4.79 Å². The molecule has 3 rings (SSSR count). The third-order valence-electron chi connectivity index (χ3n) is 4.37. The fraction of sp³-hybridized carbons (Fsp3) is 0.438. The van der Waals surface area contributed by atoms with E-state index < -0.39 is 12.0 Å². The van der Waals surface area contributed by atoms with Crippen molar-refractivity contribution in [2.45, 2.75) is 18.5 Å². The number of nitrogens with one attached hydrogen (secondary N) is 2. The molecule has 2 heterocycles. The Kier molecular flexibility index (Phi) is 4.62. The summed E-state index contributed by atoms with van der Waals surface area (Å²) in [6.07, 6.45) is -0.339. The van der Waals surface area contributed by atoms with E-state index in [1.165, 1.54) is 0 Å². The molecule has 1 aromatic rings. The lowest BCUT2D eigenvalue weighted by atomic mass is 9.93. The fourth-order valence-electron chi connectivity index (χ4n) is 3.14. The van der Waals surface area contributed by atoms with Crippen LogP contribution in [-0.2, 0) is 14.3 Å². The Hall–Kier alpha value is -2.28. The molecule has 2 aliphatic heterocycles. The Bertz CT molecular complexity index is 681. The topological polar surface area (TPSA) is 87.7 Å². The quantitative estimate of drug-likeness (QED) is 0.849. The first-order valence-electron chi connectivity index (χ1n) is 7.68. The van der Waals surface area contributed by atoms with Gasteiger partial charge in [0.1, 0.15) is 6.61 Å². The van der Waals surface area contributed by atoms with E-state index in [0.29, 0.717) is 5.02 Å². The molecule has 0 radical (unpaired) electrons. The van der Waals surface area contributed by atoms with Crippen LogP contribution in [0.3, 0.4) is 0 Å². The van der Waals surface area contributed by atoms with Gasteiger partial charge in [-0.3, -0.25) is 9.59 Å². The predicted molar refractivity (Wildman–Crippen MR) is 86.4 cm³/mol. The maximum Gasteiger partial charge on any atom is 0.407 e. The number of carbonyl (C=O) groups excluding carboxylic acids is 3. The number of hydrogen-bond acceptors (Lipinski definition) is 4. The molecule has 8 heteroatoms. The third-order valence-corrected chi connectivity index (χ3v) is 4.61. The molecular formula is C16H18ClN3O4. The van der Waals surface area contributed by atoms with Crippen LogP contribution in [0, 0.1) is 5.92 Å². The van der Waals surface area contributed by atoms with Crippen LogP contribution in [0.2, 0.25) is 5.02 Å². The molecule has 2 aliphatic rings. The van der Waals surface area contributed by atoms with E-state index in [9.17, 15) is 14.4 Å². The van der Waals surface area contributed by atoms with Gasteiger partial charge in [-0.15, -0.1) is 0 Å². The first-order valence-corrected chi connectivity index (χ1v) is 8.05. The van der Waals surface area contributed by atoms with Crippen molar-refractivity contribution >= 4 is 29.5 Å². The van der Waals surface area contributed by atoms with Crippen LogP contribution in [0.15, 0.2) is 24.3 Å². The van der Waals surface area contributed by atoms with Gasteiger partial charge < -0.3 is 20.3 Å². The number of nitrogens with zero attached hydrogens (tertiary/aromatic N) is 1. The number of ether oxygens (including phenoxy) is 1. The number of benzene rings is 1. The van der Waals surface area contributed by atoms with Crippen molar-refractivity contribution in [1.29, 1.82) is 0 Å². The Balaban J connectivity index is 1.71. The molecule has 2 saturated heterocycles. The van der Waals surface area contributed by atoms with E-state index in [0.717, 1.165) is 5.56 Å². The molecule has 0 saturated carbocycles. The summed E-state index contributed by atoms with van der Waals surface area (Å²) >= 11 is 6.04. The van der Waals surface area contributed by atoms with Crippen LogP contribution < -0.4 is 10.6 Å². The van der Waals surface area contributed by atoms with Crippen molar-refractivity contribution < 1.29 is 19.1 Å². The zero-order valence-corrected chi connectivity index (χ0v) is 13.9. The van der Waals surface area contributed by atoms with Gasteiger partial charge in [0.2, 0.25) is 11.8 Å². The SMILES string of the molecule is CN1C(=O)C[C@H](C(=O)NC[C@H]2COC(=O)N2)[C@@H]1c1cccc(Cl)c1. The third kappa shape index (κ3) is 3.31. The van der Waals surface area contributed by atoms with E-state index in [-0.39, 0.29) is 43.5 Å². The summed E-state index contributed by atoms with van der Waals surface area (Å²) in [6.45, 7) is 0.488. The van der Waals surface area contributed by atoms with E-state index in [1.807, 2.05) is 6.07 Å². The highest BCUT2D eigenvalue weighted by molar-refractivity contribution is 6.30. The second kappa shape index (κ2) is 6.68. The van der Waals surface area contributed by atoms with Gasteiger partial charge in [0.25, 0.3) is 0 Å². The Morgan fingerprint density at radius 2 is 2.25 bits per heavy atom. The minimum atomic E-state index is -0.501. The minimum absolute atomic E-state index is 0.0855. The lowest BCUT2D eigenvalue weighted by molar-refractivity contribution is -0.128. The Morgan fingerprint density at radius 1 is 1.46 bits per heavy atom. The number of cyclic esters (lactones) is 1. The Morgan fingerprint density at radius 3 is 2.92 bits per heavy atom. The van der Waals surface area contributed by atoms with E-state index in [2.05, 4.69) is 10.6 Å². The number of rotatable bonds is 4. The molecule has 3 atom stereocenters. The molecule has 3 amide bonds.